The number of nitrogens with one attached hydrogen (secondary N) is 1. The number of hydrogen-bond donors (Lipinski definition) is 2. The molecule has 25 heavy (non-hydrogen) atoms. The van der Waals surface area contributed by atoms with Crippen LogP contribution >= 0.6 is 12.4 Å². The van der Waals surface area contributed by atoms with Crippen LogP contribution in [-0.4, -0.2) is 47.8 Å². The van der Waals surface area contributed by atoms with Gasteiger partial charge in [-0.1, -0.05) is 0 Å². The molecule has 138 valence electrons. The molecule has 2 amide bonds. The number of carbonyl (C=O) groups is 2. The fraction of sp³-hybridized carbons (Fsp3) is 0.467. The van der Waals surface area contributed by atoms with Crippen LogP contribution in [0.1, 0.15) is 23.2 Å². The molecule has 0 aromatic heterocycles. The maximum atomic E-state index is 13.4. The van der Waals surface area contributed by atoms with Gasteiger partial charge in [0.05, 0.1) is 10.8 Å². The third-order valence-electron chi connectivity index (χ3n) is 3.91. The molecule has 0 aliphatic carbocycles. The molecule has 1 fully saturated rings. The van der Waals surface area contributed by atoms with Crippen LogP contribution in [-0.2, 0) is 4.79 Å². The summed E-state index contributed by atoms with van der Waals surface area (Å²) < 4.78 is 13.4. The molecule has 1 aliphatic heterocycles. The summed E-state index contributed by atoms with van der Waals surface area (Å²) in [6.45, 7) is 1.17. The predicted molar refractivity (Wildman–Crippen MR) is 91.0 cm³/mol. The molecule has 8 nitrogen and oxygen atoms in total. The topological polar surface area (TPSA) is 119 Å². The van der Waals surface area contributed by atoms with Gasteiger partial charge in [-0.05, 0) is 25.0 Å². The third kappa shape index (κ3) is 5.10. The smallest absolute Gasteiger partial charge is 0.282 e. The molecule has 1 unspecified atom stereocenters. The van der Waals surface area contributed by atoms with Gasteiger partial charge >= 0.3 is 0 Å². The van der Waals surface area contributed by atoms with Gasteiger partial charge in [-0.2, -0.15) is 0 Å². The monoisotopic (exact) mass is 374 g/mol. The number of amides is 2. The molecule has 1 saturated heterocycles. The minimum absolute atomic E-state index is 0. The highest BCUT2D eigenvalue weighted by Gasteiger charge is 2.31. The molecule has 1 aliphatic rings. The summed E-state index contributed by atoms with van der Waals surface area (Å²) in [4.78, 5) is 36.3. The number of hydrogen-bond acceptors (Lipinski definition) is 5. The number of piperidine rings is 1. The minimum atomic E-state index is -0.724. The maximum Gasteiger partial charge on any atom is 0.282 e. The molecule has 0 spiro atoms. The van der Waals surface area contributed by atoms with Crippen LogP contribution in [0, 0.1) is 21.8 Å². The molecule has 0 radical (unpaired) electrons. The molecule has 1 aromatic carbocycles. The van der Waals surface area contributed by atoms with E-state index < -0.39 is 28.3 Å². The second kappa shape index (κ2) is 9.28. The number of benzene rings is 1. The molecule has 1 atom stereocenters. The maximum absolute atomic E-state index is 13.4. The highest BCUT2D eigenvalue weighted by molar-refractivity contribution is 5.98. The van der Waals surface area contributed by atoms with Crippen molar-refractivity contribution in [2.75, 3.05) is 26.2 Å². The average Bonchev–Trinajstić information content (AvgIpc) is 2.58. The van der Waals surface area contributed by atoms with E-state index in [0.29, 0.717) is 32.5 Å². The van der Waals surface area contributed by atoms with E-state index in [-0.39, 0.29) is 30.4 Å². The van der Waals surface area contributed by atoms with E-state index in [4.69, 9.17) is 5.73 Å². The van der Waals surface area contributed by atoms with Crippen LogP contribution in [0.3, 0.4) is 0 Å². The Morgan fingerprint density at radius 1 is 1.44 bits per heavy atom. The quantitative estimate of drug-likeness (QED) is 0.590. The Morgan fingerprint density at radius 3 is 2.80 bits per heavy atom. The average molecular weight is 375 g/mol. The number of likely N-dealkylation sites (tertiary alicyclic amines) is 1. The number of nitrogens with zero attached hydrogens (tertiary/aromatic N) is 2. The van der Waals surface area contributed by atoms with Crippen LogP contribution in [0.2, 0.25) is 0 Å². The molecule has 0 saturated carbocycles. The fourth-order valence-corrected chi connectivity index (χ4v) is 2.72. The van der Waals surface area contributed by atoms with Gasteiger partial charge in [0, 0.05) is 32.2 Å². The lowest BCUT2D eigenvalue weighted by Crippen LogP contribution is -2.46. The fourth-order valence-electron chi connectivity index (χ4n) is 2.72. The van der Waals surface area contributed by atoms with Gasteiger partial charge < -0.3 is 16.0 Å². The molecular formula is C15H20ClFN4O4. The van der Waals surface area contributed by atoms with Gasteiger partial charge in [0.25, 0.3) is 11.6 Å². The van der Waals surface area contributed by atoms with Crippen molar-refractivity contribution in [3.63, 3.8) is 0 Å². The lowest BCUT2D eigenvalue weighted by atomic mass is 9.96. The van der Waals surface area contributed by atoms with Gasteiger partial charge in [-0.15, -0.1) is 12.4 Å². The predicted octanol–water partition coefficient (Wildman–Crippen LogP) is 1.08. The SMILES string of the molecule is Cl.NCCNC(=O)C1CCCN(C(=O)c2cc(F)ccc2[N+](=O)[O-])C1. The first kappa shape index (κ1) is 20.8. The summed E-state index contributed by atoms with van der Waals surface area (Å²) in [5.41, 5.74) is 4.59. The van der Waals surface area contributed by atoms with Crippen LogP contribution in [0.4, 0.5) is 10.1 Å². The molecule has 2 rings (SSSR count). The number of nitro groups is 1. The van der Waals surface area contributed by atoms with Crippen molar-refractivity contribution in [2.45, 2.75) is 12.8 Å². The lowest BCUT2D eigenvalue weighted by Gasteiger charge is -2.32. The first-order valence-corrected chi connectivity index (χ1v) is 7.65. The molecule has 1 aromatic rings. The van der Waals surface area contributed by atoms with Crippen molar-refractivity contribution in [3.8, 4) is 0 Å². The first-order chi connectivity index (χ1) is 11.4. The molecule has 1 heterocycles. The van der Waals surface area contributed by atoms with E-state index in [2.05, 4.69) is 5.32 Å². The summed E-state index contributed by atoms with van der Waals surface area (Å²) in [6, 6.07) is 2.77. The van der Waals surface area contributed by atoms with Crippen LogP contribution in [0.5, 0.6) is 0 Å². The van der Waals surface area contributed by atoms with Crippen molar-refractivity contribution in [1.29, 1.82) is 0 Å². The lowest BCUT2D eigenvalue weighted by molar-refractivity contribution is -0.385. The van der Waals surface area contributed by atoms with Crippen LogP contribution < -0.4 is 11.1 Å². The van der Waals surface area contributed by atoms with Gasteiger partial charge in [-0.25, -0.2) is 4.39 Å². The first-order valence-electron chi connectivity index (χ1n) is 7.65. The minimum Gasteiger partial charge on any atom is -0.355 e. The van der Waals surface area contributed by atoms with Gasteiger partial charge in [0.15, 0.2) is 0 Å². The van der Waals surface area contributed by atoms with E-state index in [0.717, 1.165) is 18.2 Å². The second-order valence-corrected chi connectivity index (χ2v) is 5.59. The summed E-state index contributed by atoms with van der Waals surface area (Å²) in [6.07, 6.45) is 1.21. The number of nitro benzene ring substituents is 1. The second-order valence-electron chi connectivity index (χ2n) is 5.59. The highest BCUT2D eigenvalue weighted by Crippen LogP contribution is 2.24. The van der Waals surface area contributed by atoms with Crippen molar-refractivity contribution < 1.29 is 18.9 Å². The van der Waals surface area contributed by atoms with Gasteiger partial charge in [0.2, 0.25) is 5.91 Å². The van der Waals surface area contributed by atoms with E-state index in [1.165, 1.54) is 4.90 Å². The van der Waals surface area contributed by atoms with Crippen molar-refractivity contribution in [3.05, 3.63) is 39.7 Å². The van der Waals surface area contributed by atoms with Crippen LogP contribution in [0.15, 0.2) is 18.2 Å². The molecule has 10 heteroatoms. The Bertz CT molecular complexity index is 658. The largest absolute Gasteiger partial charge is 0.355 e. The zero-order chi connectivity index (χ0) is 17.7. The Labute approximate surface area is 150 Å². The van der Waals surface area contributed by atoms with Crippen molar-refractivity contribution in [2.24, 2.45) is 11.7 Å². The molecule has 0 bridgehead atoms. The Morgan fingerprint density at radius 2 is 2.16 bits per heavy atom. The number of carbonyl (C=O) groups excluding carboxylic acids is 2. The van der Waals surface area contributed by atoms with Crippen molar-refractivity contribution in [1.82, 2.24) is 10.2 Å². The van der Waals surface area contributed by atoms with Gasteiger partial charge in [-0.3, -0.25) is 19.7 Å². The van der Waals surface area contributed by atoms with Crippen molar-refractivity contribution >= 4 is 29.9 Å². The third-order valence-corrected chi connectivity index (χ3v) is 3.91. The Balaban J connectivity index is 0.00000312. The number of rotatable bonds is 5. The normalized spacial score (nSPS) is 16.7. The Kier molecular flexibility index (Phi) is 7.72. The number of halogens is 2. The summed E-state index contributed by atoms with van der Waals surface area (Å²) >= 11 is 0. The van der Waals surface area contributed by atoms with E-state index >= 15 is 0 Å². The Hall–Kier alpha value is -2.26. The van der Waals surface area contributed by atoms with E-state index in [9.17, 15) is 24.1 Å². The summed E-state index contributed by atoms with van der Waals surface area (Å²) in [5, 5.41) is 13.7. The summed E-state index contributed by atoms with van der Waals surface area (Å²) in [7, 11) is 0. The molecule has 3 N–H and O–H groups in total. The standard InChI is InChI=1S/C15H19FN4O4.ClH/c16-11-3-4-13(20(23)24)12(8-11)15(22)19-7-1-2-10(9-19)14(21)18-6-5-17;/h3-4,8,10H,1-2,5-7,9,17H2,(H,18,21);1H. The van der Waals surface area contributed by atoms with Gasteiger partial charge in [0.1, 0.15) is 11.4 Å². The zero-order valence-electron chi connectivity index (χ0n) is 13.4. The highest BCUT2D eigenvalue weighted by atomic mass is 35.5. The number of nitrogens with two attached hydrogens (primary N) is 1. The zero-order valence-corrected chi connectivity index (χ0v) is 14.3. The van der Waals surface area contributed by atoms with Crippen LogP contribution in [0.25, 0.3) is 0 Å². The van der Waals surface area contributed by atoms with E-state index in [1.54, 1.807) is 0 Å². The molecular weight excluding hydrogens is 355 g/mol. The summed E-state index contributed by atoms with van der Waals surface area (Å²) in [5.74, 6) is -1.97. The van der Waals surface area contributed by atoms with E-state index in [1.807, 2.05) is 0 Å².